The summed E-state index contributed by atoms with van der Waals surface area (Å²) in [5.41, 5.74) is 2.91. The molecule has 21 heavy (non-hydrogen) atoms. The fraction of sp³-hybridized carbons (Fsp3) is 0.667. The minimum absolute atomic E-state index is 0.499. The summed E-state index contributed by atoms with van der Waals surface area (Å²) in [5.74, 6) is 2.61. The second-order valence-corrected chi connectivity index (χ2v) is 8.31. The molecule has 0 saturated carbocycles. The van der Waals surface area contributed by atoms with Gasteiger partial charge in [0.25, 0.3) is 0 Å². The van der Waals surface area contributed by atoms with E-state index in [1.807, 2.05) is 0 Å². The molecule has 3 heteroatoms. The molecule has 1 aromatic carbocycles. The molecule has 1 heterocycles. The topological polar surface area (TPSA) is 12.0 Å². The lowest BCUT2D eigenvalue weighted by atomic mass is 9.98. The molecule has 2 rings (SSSR count). The van der Waals surface area contributed by atoms with E-state index in [0.29, 0.717) is 11.3 Å². The van der Waals surface area contributed by atoms with Crippen LogP contribution in [0.5, 0.6) is 0 Å². The quantitative estimate of drug-likeness (QED) is 0.765. The van der Waals surface area contributed by atoms with Crippen LogP contribution in [0.15, 0.2) is 24.3 Å². The van der Waals surface area contributed by atoms with Crippen LogP contribution in [0, 0.1) is 0 Å². The normalized spacial score (nSPS) is 24.0. The first-order chi connectivity index (χ1) is 10.3. The third-order valence-electron chi connectivity index (χ3n) is 4.18. The molecule has 118 valence electrons. The van der Waals surface area contributed by atoms with Gasteiger partial charge in [0, 0.05) is 28.0 Å². The van der Waals surface area contributed by atoms with Gasteiger partial charge in [0.15, 0.2) is 0 Å². The van der Waals surface area contributed by atoms with E-state index in [1.165, 1.54) is 35.5 Å². The first-order valence-corrected chi connectivity index (χ1v) is 10.4. The van der Waals surface area contributed by atoms with E-state index in [9.17, 15) is 0 Å². The second kappa shape index (κ2) is 9.12. The maximum Gasteiger partial charge on any atom is 0.0451 e. The van der Waals surface area contributed by atoms with Gasteiger partial charge in [-0.2, -0.15) is 23.5 Å². The average Bonchev–Trinajstić information content (AvgIpc) is 2.56. The highest BCUT2D eigenvalue weighted by Crippen LogP contribution is 2.40. The first kappa shape index (κ1) is 17.2. The Hall–Kier alpha value is -0.120. The molecule has 1 saturated heterocycles. The van der Waals surface area contributed by atoms with Crippen LogP contribution in [-0.4, -0.2) is 28.6 Å². The molecule has 0 amide bonds. The fourth-order valence-corrected chi connectivity index (χ4v) is 6.18. The summed E-state index contributed by atoms with van der Waals surface area (Å²) in [6, 6.07) is 9.80. The monoisotopic (exact) mass is 323 g/mol. The van der Waals surface area contributed by atoms with Gasteiger partial charge in [-0.05, 0) is 36.9 Å². The lowest BCUT2D eigenvalue weighted by molar-refractivity contribution is 0.498. The predicted octanol–water partition coefficient (Wildman–Crippen LogP) is 4.92. The number of thioether (sulfide) groups is 2. The van der Waals surface area contributed by atoms with Gasteiger partial charge in [0.05, 0.1) is 0 Å². The Morgan fingerprint density at radius 1 is 1.10 bits per heavy atom. The van der Waals surface area contributed by atoms with Crippen molar-refractivity contribution in [2.75, 3.05) is 18.1 Å². The molecule has 0 spiro atoms. The van der Waals surface area contributed by atoms with Gasteiger partial charge in [-0.15, -0.1) is 0 Å². The summed E-state index contributed by atoms with van der Waals surface area (Å²) in [6.07, 6.45) is 3.60. The molecule has 1 nitrogen and oxygen atoms in total. The maximum absolute atomic E-state index is 3.82. The molecule has 1 fully saturated rings. The van der Waals surface area contributed by atoms with Gasteiger partial charge in [-0.25, -0.2) is 0 Å². The van der Waals surface area contributed by atoms with Crippen LogP contribution in [0.2, 0.25) is 0 Å². The van der Waals surface area contributed by atoms with Gasteiger partial charge in [-0.1, -0.05) is 45.0 Å². The zero-order valence-corrected chi connectivity index (χ0v) is 15.2. The SMILES string of the molecule is CCCNC(c1ccc(CC)cc1)C1SCCSC1CC. The summed E-state index contributed by atoms with van der Waals surface area (Å²) in [6.45, 7) is 7.93. The van der Waals surface area contributed by atoms with Crippen molar-refractivity contribution in [2.24, 2.45) is 0 Å². The molecule has 1 aromatic rings. The Labute approximate surface area is 139 Å². The highest BCUT2D eigenvalue weighted by molar-refractivity contribution is 8.07. The minimum atomic E-state index is 0.499. The molecule has 3 atom stereocenters. The Morgan fingerprint density at radius 3 is 2.43 bits per heavy atom. The lowest BCUT2D eigenvalue weighted by Gasteiger charge is -2.36. The van der Waals surface area contributed by atoms with Crippen LogP contribution in [0.1, 0.15) is 50.8 Å². The molecule has 1 N–H and O–H groups in total. The van der Waals surface area contributed by atoms with E-state index in [4.69, 9.17) is 0 Å². The van der Waals surface area contributed by atoms with Gasteiger partial charge < -0.3 is 5.32 Å². The minimum Gasteiger partial charge on any atom is -0.309 e. The standard InChI is InChI=1S/C18H29NS2/c1-4-11-19-17(15-9-7-14(5-2)8-10-15)18-16(6-3)20-12-13-21-18/h7-10,16-19H,4-6,11-13H2,1-3H3. The van der Waals surface area contributed by atoms with Crippen molar-refractivity contribution in [1.29, 1.82) is 0 Å². The predicted molar refractivity (Wildman–Crippen MR) is 99.6 cm³/mol. The third kappa shape index (κ3) is 4.67. The smallest absolute Gasteiger partial charge is 0.0451 e. The molecule has 1 aliphatic rings. The number of hydrogen-bond acceptors (Lipinski definition) is 3. The molecule has 0 radical (unpaired) electrons. The van der Waals surface area contributed by atoms with Crippen LogP contribution >= 0.6 is 23.5 Å². The van der Waals surface area contributed by atoms with Crippen molar-refractivity contribution in [1.82, 2.24) is 5.32 Å². The number of aryl methyl sites for hydroxylation is 1. The first-order valence-electron chi connectivity index (χ1n) is 8.35. The largest absolute Gasteiger partial charge is 0.309 e. The summed E-state index contributed by atoms with van der Waals surface area (Å²) in [4.78, 5) is 0. The van der Waals surface area contributed by atoms with Gasteiger partial charge in [-0.3, -0.25) is 0 Å². The van der Waals surface area contributed by atoms with Crippen LogP contribution in [0.4, 0.5) is 0 Å². The van der Waals surface area contributed by atoms with Crippen molar-refractivity contribution in [3.8, 4) is 0 Å². The number of hydrogen-bond donors (Lipinski definition) is 1. The van der Waals surface area contributed by atoms with Gasteiger partial charge in [0.1, 0.15) is 0 Å². The Morgan fingerprint density at radius 2 is 1.81 bits per heavy atom. The highest BCUT2D eigenvalue weighted by atomic mass is 32.2. The second-order valence-electron chi connectivity index (χ2n) is 5.68. The van der Waals surface area contributed by atoms with E-state index in [0.717, 1.165) is 18.2 Å². The van der Waals surface area contributed by atoms with E-state index >= 15 is 0 Å². The summed E-state index contributed by atoms with van der Waals surface area (Å²) < 4.78 is 0. The third-order valence-corrected chi connectivity index (χ3v) is 7.53. The van der Waals surface area contributed by atoms with E-state index in [2.05, 4.69) is 73.9 Å². The van der Waals surface area contributed by atoms with Gasteiger partial charge in [0.2, 0.25) is 0 Å². The summed E-state index contributed by atoms with van der Waals surface area (Å²) in [5, 5.41) is 5.31. The van der Waals surface area contributed by atoms with E-state index in [1.54, 1.807) is 0 Å². The molecule has 0 aliphatic carbocycles. The molecular formula is C18H29NS2. The molecule has 3 unspecified atom stereocenters. The molecule has 1 aliphatic heterocycles. The van der Waals surface area contributed by atoms with Crippen LogP contribution in [0.25, 0.3) is 0 Å². The van der Waals surface area contributed by atoms with Crippen LogP contribution < -0.4 is 5.32 Å². The molecule has 0 aromatic heterocycles. The van der Waals surface area contributed by atoms with Crippen molar-refractivity contribution in [3.05, 3.63) is 35.4 Å². The Bertz CT molecular complexity index is 404. The fourth-order valence-electron chi connectivity index (χ4n) is 2.93. The number of rotatable bonds is 7. The highest BCUT2D eigenvalue weighted by Gasteiger charge is 2.32. The lowest BCUT2D eigenvalue weighted by Crippen LogP contribution is -2.39. The number of nitrogens with one attached hydrogen (secondary N) is 1. The summed E-state index contributed by atoms with van der Waals surface area (Å²) >= 11 is 4.35. The van der Waals surface area contributed by atoms with E-state index < -0.39 is 0 Å². The Balaban J connectivity index is 2.18. The van der Waals surface area contributed by atoms with Crippen LogP contribution in [-0.2, 0) is 6.42 Å². The van der Waals surface area contributed by atoms with Gasteiger partial charge >= 0.3 is 0 Å². The maximum atomic E-state index is 3.82. The summed E-state index contributed by atoms with van der Waals surface area (Å²) in [7, 11) is 0. The average molecular weight is 324 g/mol. The number of benzene rings is 1. The Kier molecular flexibility index (Phi) is 7.48. The molecular weight excluding hydrogens is 294 g/mol. The van der Waals surface area contributed by atoms with Crippen molar-refractivity contribution in [3.63, 3.8) is 0 Å². The van der Waals surface area contributed by atoms with Crippen molar-refractivity contribution >= 4 is 23.5 Å². The van der Waals surface area contributed by atoms with E-state index in [-0.39, 0.29) is 0 Å². The zero-order valence-electron chi connectivity index (χ0n) is 13.6. The van der Waals surface area contributed by atoms with Crippen molar-refractivity contribution < 1.29 is 0 Å². The van der Waals surface area contributed by atoms with Crippen molar-refractivity contribution in [2.45, 2.75) is 56.6 Å². The molecule has 0 bridgehead atoms. The zero-order chi connectivity index (χ0) is 15.1. The van der Waals surface area contributed by atoms with Crippen LogP contribution in [0.3, 0.4) is 0 Å².